The summed E-state index contributed by atoms with van der Waals surface area (Å²) in [6.07, 6.45) is -4.13. The molecule has 0 aliphatic rings. The Balaban J connectivity index is 2.41. The van der Waals surface area contributed by atoms with Crippen molar-refractivity contribution >= 4 is 21.6 Å². The number of carbonyl (C=O) groups excluding carboxylic acids is 1. The van der Waals surface area contributed by atoms with Crippen molar-refractivity contribution in [3.8, 4) is 11.5 Å². The number of nitro benzene ring substituents is 1. The van der Waals surface area contributed by atoms with Crippen molar-refractivity contribution in [3.05, 3.63) is 63.5 Å². The van der Waals surface area contributed by atoms with Gasteiger partial charge in [-0.2, -0.15) is 13.2 Å². The predicted molar refractivity (Wildman–Crippen MR) is 86.9 cm³/mol. The Hall–Kier alpha value is -3.22. The molecule has 1 amide bonds. The molecule has 0 aromatic heterocycles. The van der Waals surface area contributed by atoms with Gasteiger partial charge in [-0.1, -0.05) is 0 Å². The molecule has 8 nitrogen and oxygen atoms in total. The topological polar surface area (TPSA) is 116 Å². The zero-order chi connectivity index (χ0) is 21.3. The van der Waals surface area contributed by atoms with Crippen LogP contribution in [0.3, 0.4) is 0 Å². The number of hydrogen-bond donors (Lipinski definition) is 1. The van der Waals surface area contributed by atoms with Crippen molar-refractivity contribution in [1.82, 2.24) is 4.72 Å². The van der Waals surface area contributed by atoms with E-state index in [0.717, 1.165) is 18.2 Å². The first-order valence-electron chi connectivity index (χ1n) is 7.13. The van der Waals surface area contributed by atoms with E-state index in [1.54, 1.807) is 0 Å². The van der Waals surface area contributed by atoms with Crippen LogP contribution in [0.15, 0.2) is 36.4 Å². The van der Waals surface area contributed by atoms with E-state index in [1.165, 1.54) is 4.72 Å². The summed E-state index contributed by atoms with van der Waals surface area (Å²) in [7, 11) is -4.04. The lowest BCUT2D eigenvalue weighted by molar-refractivity contribution is -0.385. The first-order valence-corrected chi connectivity index (χ1v) is 9.02. The molecule has 2 aromatic rings. The molecule has 0 bridgehead atoms. The smallest absolute Gasteiger partial charge is 0.416 e. The van der Waals surface area contributed by atoms with Crippen LogP contribution in [0.1, 0.15) is 15.9 Å². The lowest BCUT2D eigenvalue weighted by Gasteiger charge is -2.11. The fourth-order valence-corrected chi connectivity index (χ4v) is 2.48. The average Bonchev–Trinajstić information content (AvgIpc) is 2.54. The highest BCUT2D eigenvalue weighted by atomic mass is 32.2. The number of benzene rings is 2. The highest BCUT2D eigenvalue weighted by molar-refractivity contribution is 7.89. The van der Waals surface area contributed by atoms with Gasteiger partial charge in [-0.25, -0.2) is 17.5 Å². The molecular weight excluding hydrogens is 412 g/mol. The lowest BCUT2D eigenvalue weighted by Crippen LogP contribution is -2.29. The number of rotatable bonds is 5. The van der Waals surface area contributed by atoms with Crippen LogP contribution in [0.4, 0.5) is 23.2 Å². The maximum Gasteiger partial charge on any atom is 0.416 e. The van der Waals surface area contributed by atoms with Crippen molar-refractivity contribution in [3.63, 3.8) is 0 Å². The second-order valence-corrected chi connectivity index (χ2v) is 7.13. The number of nitro groups is 1. The van der Waals surface area contributed by atoms with E-state index in [2.05, 4.69) is 0 Å². The third-order valence-corrected chi connectivity index (χ3v) is 3.73. The van der Waals surface area contributed by atoms with Crippen LogP contribution in [0.2, 0.25) is 0 Å². The Morgan fingerprint density at radius 3 is 2.32 bits per heavy atom. The molecule has 0 spiro atoms. The number of sulfonamides is 1. The molecule has 0 atom stereocenters. The van der Waals surface area contributed by atoms with E-state index in [-0.39, 0.29) is 11.8 Å². The second-order valence-electron chi connectivity index (χ2n) is 5.38. The first-order chi connectivity index (χ1) is 12.8. The van der Waals surface area contributed by atoms with Gasteiger partial charge >= 0.3 is 6.18 Å². The molecule has 2 aromatic carbocycles. The average molecular weight is 422 g/mol. The number of nitrogens with one attached hydrogen (secondary N) is 1. The molecule has 13 heteroatoms. The van der Waals surface area contributed by atoms with Gasteiger partial charge in [0.15, 0.2) is 11.6 Å². The molecule has 0 fully saturated rings. The van der Waals surface area contributed by atoms with E-state index in [9.17, 15) is 40.9 Å². The Kier molecular flexibility index (Phi) is 5.59. The summed E-state index contributed by atoms with van der Waals surface area (Å²) in [4.78, 5) is 22.0. The number of alkyl halides is 3. The Morgan fingerprint density at radius 1 is 1.18 bits per heavy atom. The standard InChI is InChI=1S/C15H10F4N2O6S/c1-28(25,26)20-14(22)10-7-9(3-4-12(10)21(23)24)27-13-5-2-8(6-11(13)16)15(17,18)19/h2-7H,1H3,(H,20,22). The fourth-order valence-electron chi connectivity index (χ4n) is 2.03. The summed E-state index contributed by atoms with van der Waals surface area (Å²) in [5, 5.41) is 11.0. The van der Waals surface area contributed by atoms with Gasteiger partial charge in [0.25, 0.3) is 11.6 Å². The molecule has 28 heavy (non-hydrogen) atoms. The van der Waals surface area contributed by atoms with Crippen LogP contribution in [-0.2, 0) is 16.2 Å². The molecule has 0 heterocycles. The van der Waals surface area contributed by atoms with Crippen LogP contribution in [0, 0.1) is 15.9 Å². The second kappa shape index (κ2) is 7.42. The molecule has 0 aliphatic carbocycles. The van der Waals surface area contributed by atoms with E-state index in [0.29, 0.717) is 18.4 Å². The fraction of sp³-hybridized carbons (Fsp3) is 0.133. The van der Waals surface area contributed by atoms with Gasteiger partial charge in [-0.15, -0.1) is 0 Å². The molecule has 2 rings (SSSR count). The number of hydrogen-bond acceptors (Lipinski definition) is 6. The third-order valence-electron chi connectivity index (χ3n) is 3.17. The lowest BCUT2D eigenvalue weighted by atomic mass is 10.1. The Bertz CT molecular complexity index is 1050. The van der Waals surface area contributed by atoms with E-state index < -0.39 is 55.4 Å². The minimum atomic E-state index is -4.77. The van der Waals surface area contributed by atoms with Crippen LogP contribution >= 0.6 is 0 Å². The largest absolute Gasteiger partial charge is 0.454 e. The summed E-state index contributed by atoms with van der Waals surface area (Å²) < 4.78 is 80.4. The van der Waals surface area contributed by atoms with E-state index >= 15 is 0 Å². The number of amides is 1. The minimum absolute atomic E-state index is 0.192. The van der Waals surface area contributed by atoms with Gasteiger partial charge < -0.3 is 4.74 Å². The van der Waals surface area contributed by atoms with Gasteiger partial charge in [0.05, 0.1) is 16.7 Å². The normalized spacial score (nSPS) is 11.8. The molecule has 1 N–H and O–H groups in total. The van der Waals surface area contributed by atoms with Crippen LogP contribution in [-0.4, -0.2) is 25.5 Å². The summed E-state index contributed by atoms with van der Waals surface area (Å²) in [6.45, 7) is 0. The molecule has 0 radical (unpaired) electrons. The number of nitrogens with zero attached hydrogens (tertiary/aromatic N) is 1. The molecule has 0 saturated carbocycles. The predicted octanol–water partition coefficient (Wildman–Crippen LogP) is 3.23. The molecule has 0 unspecified atom stereocenters. The summed E-state index contributed by atoms with van der Waals surface area (Å²) in [5.74, 6) is -3.69. The van der Waals surface area contributed by atoms with Gasteiger partial charge in [-0.05, 0) is 24.3 Å². The van der Waals surface area contributed by atoms with E-state index in [4.69, 9.17) is 4.74 Å². The molecule has 150 valence electrons. The maximum absolute atomic E-state index is 13.9. The zero-order valence-corrected chi connectivity index (χ0v) is 14.6. The van der Waals surface area contributed by atoms with Crippen LogP contribution in [0.25, 0.3) is 0 Å². The van der Waals surface area contributed by atoms with Gasteiger partial charge in [0.1, 0.15) is 11.3 Å². The first kappa shape index (κ1) is 21.1. The quantitative estimate of drug-likeness (QED) is 0.449. The number of halogens is 4. The van der Waals surface area contributed by atoms with Crippen molar-refractivity contribution in [2.75, 3.05) is 6.26 Å². The van der Waals surface area contributed by atoms with Crippen LogP contribution < -0.4 is 9.46 Å². The molecular formula is C15H10F4N2O6S. The summed E-state index contributed by atoms with van der Waals surface area (Å²) in [6, 6.07) is 3.96. The highest BCUT2D eigenvalue weighted by Crippen LogP contribution is 2.34. The Labute approximate surface area is 154 Å². The minimum Gasteiger partial charge on any atom is -0.454 e. The third kappa shape index (κ3) is 5.16. The van der Waals surface area contributed by atoms with Crippen LogP contribution in [0.5, 0.6) is 11.5 Å². The van der Waals surface area contributed by atoms with Crippen molar-refractivity contribution in [1.29, 1.82) is 0 Å². The van der Waals surface area contributed by atoms with Crippen molar-refractivity contribution in [2.24, 2.45) is 0 Å². The summed E-state index contributed by atoms with van der Waals surface area (Å²) in [5.41, 5.74) is -2.73. The zero-order valence-electron chi connectivity index (χ0n) is 13.8. The van der Waals surface area contributed by atoms with Crippen molar-refractivity contribution in [2.45, 2.75) is 6.18 Å². The Morgan fingerprint density at radius 2 is 1.82 bits per heavy atom. The SMILES string of the molecule is CS(=O)(=O)NC(=O)c1cc(Oc2ccc(C(F)(F)F)cc2F)ccc1[N+](=O)[O-]. The highest BCUT2D eigenvalue weighted by Gasteiger charge is 2.31. The van der Waals surface area contributed by atoms with E-state index in [1.807, 2.05) is 0 Å². The van der Waals surface area contributed by atoms with Gasteiger partial charge in [-0.3, -0.25) is 14.9 Å². The van der Waals surface area contributed by atoms with Crippen molar-refractivity contribution < 1.29 is 40.4 Å². The maximum atomic E-state index is 13.9. The number of carbonyl (C=O) groups is 1. The molecule has 0 aliphatic heterocycles. The van der Waals surface area contributed by atoms with Gasteiger partial charge in [0.2, 0.25) is 10.0 Å². The number of ether oxygens (including phenoxy) is 1. The monoisotopic (exact) mass is 422 g/mol. The molecule has 0 saturated heterocycles. The van der Waals surface area contributed by atoms with Gasteiger partial charge in [0, 0.05) is 12.1 Å². The summed E-state index contributed by atoms with van der Waals surface area (Å²) >= 11 is 0.